The first kappa shape index (κ1) is 12.6. The zero-order valence-corrected chi connectivity index (χ0v) is 11.0. The molecule has 1 atom stereocenters. The Morgan fingerprint density at radius 2 is 2.26 bits per heavy atom. The molecule has 0 saturated heterocycles. The first-order chi connectivity index (χ1) is 9.15. The highest BCUT2D eigenvalue weighted by Crippen LogP contribution is 2.37. The van der Waals surface area contributed by atoms with E-state index in [-0.39, 0.29) is 5.02 Å². The van der Waals surface area contributed by atoms with Crippen LogP contribution in [0.1, 0.15) is 36.2 Å². The van der Waals surface area contributed by atoms with Crippen LogP contribution in [0.5, 0.6) is 0 Å². The van der Waals surface area contributed by atoms with Crippen LogP contribution in [0.15, 0.2) is 30.7 Å². The normalized spacial score (nSPS) is 16.6. The molecule has 0 radical (unpaired) electrons. The number of hydrogen-bond donors (Lipinski definition) is 1. The minimum absolute atomic E-state index is 0.0984. The van der Waals surface area contributed by atoms with Crippen molar-refractivity contribution in [1.82, 2.24) is 9.55 Å². The predicted octanol–water partition coefficient (Wildman–Crippen LogP) is 3.29. The molecule has 5 heteroatoms. The summed E-state index contributed by atoms with van der Waals surface area (Å²) in [5.41, 5.74) is 1.51. The number of aliphatic hydroxyl groups is 1. The minimum atomic E-state index is -0.677. The summed E-state index contributed by atoms with van der Waals surface area (Å²) in [6.45, 7) is 0. The molecule has 1 aliphatic carbocycles. The summed E-state index contributed by atoms with van der Waals surface area (Å²) in [5.74, 6) is -0.456. The maximum Gasteiger partial charge on any atom is 0.142 e. The third kappa shape index (κ3) is 2.65. The lowest BCUT2D eigenvalue weighted by Gasteiger charge is -2.13. The molecule has 1 fully saturated rings. The van der Waals surface area contributed by atoms with Gasteiger partial charge in [-0.25, -0.2) is 9.37 Å². The van der Waals surface area contributed by atoms with Gasteiger partial charge in [0.15, 0.2) is 0 Å². The molecule has 19 heavy (non-hydrogen) atoms. The highest BCUT2D eigenvalue weighted by molar-refractivity contribution is 6.30. The van der Waals surface area contributed by atoms with Gasteiger partial charge in [0.2, 0.25) is 0 Å². The van der Waals surface area contributed by atoms with Crippen LogP contribution < -0.4 is 0 Å². The third-order valence-electron chi connectivity index (χ3n) is 3.39. The van der Waals surface area contributed by atoms with Crippen molar-refractivity contribution in [3.8, 4) is 0 Å². The first-order valence-corrected chi connectivity index (χ1v) is 6.66. The zero-order valence-electron chi connectivity index (χ0n) is 10.3. The van der Waals surface area contributed by atoms with Crippen LogP contribution in [0.2, 0.25) is 5.02 Å². The number of halogens is 2. The van der Waals surface area contributed by atoms with Gasteiger partial charge in [-0.2, -0.15) is 0 Å². The Bertz CT molecular complexity index is 595. The SMILES string of the molecule is OC(Cc1ccc(Cl)c(F)c1)c1cncn1C1CC1. The molecule has 1 unspecified atom stereocenters. The van der Waals surface area contributed by atoms with Gasteiger partial charge in [0, 0.05) is 12.5 Å². The number of imidazole rings is 1. The number of aromatic nitrogens is 2. The van der Waals surface area contributed by atoms with Gasteiger partial charge in [-0.3, -0.25) is 0 Å². The van der Waals surface area contributed by atoms with E-state index in [1.807, 2.05) is 4.57 Å². The summed E-state index contributed by atoms with van der Waals surface area (Å²) in [4.78, 5) is 4.09. The van der Waals surface area contributed by atoms with Gasteiger partial charge in [-0.15, -0.1) is 0 Å². The molecule has 1 heterocycles. The Balaban J connectivity index is 1.78. The third-order valence-corrected chi connectivity index (χ3v) is 3.70. The van der Waals surface area contributed by atoms with Crippen LogP contribution in [-0.4, -0.2) is 14.7 Å². The van der Waals surface area contributed by atoms with E-state index in [0.717, 1.165) is 24.1 Å². The lowest BCUT2D eigenvalue weighted by Crippen LogP contribution is -2.08. The average molecular weight is 281 g/mol. The van der Waals surface area contributed by atoms with Gasteiger partial charge in [0.25, 0.3) is 0 Å². The van der Waals surface area contributed by atoms with Crippen LogP contribution in [0.25, 0.3) is 0 Å². The Labute approximate surface area is 115 Å². The maximum absolute atomic E-state index is 13.4. The van der Waals surface area contributed by atoms with E-state index in [1.165, 1.54) is 12.1 Å². The van der Waals surface area contributed by atoms with Crippen molar-refractivity contribution in [2.45, 2.75) is 31.4 Å². The summed E-state index contributed by atoms with van der Waals surface area (Å²) in [7, 11) is 0. The lowest BCUT2D eigenvalue weighted by atomic mass is 10.1. The fourth-order valence-corrected chi connectivity index (χ4v) is 2.34. The van der Waals surface area contributed by atoms with Crippen molar-refractivity contribution in [3.05, 3.63) is 52.8 Å². The van der Waals surface area contributed by atoms with E-state index in [0.29, 0.717) is 12.5 Å². The van der Waals surface area contributed by atoms with Crippen LogP contribution >= 0.6 is 11.6 Å². The molecule has 1 saturated carbocycles. The fraction of sp³-hybridized carbons (Fsp3) is 0.357. The average Bonchev–Trinajstić information content (AvgIpc) is 3.11. The van der Waals surface area contributed by atoms with Crippen molar-refractivity contribution >= 4 is 11.6 Å². The van der Waals surface area contributed by atoms with E-state index in [1.54, 1.807) is 18.6 Å². The lowest BCUT2D eigenvalue weighted by molar-refractivity contribution is 0.168. The molecule has 0 spiro atoms. The van der Waals surface area contributed by atoms with Crippen LogP contribution in [0.3, 0.4) is 0 Å². The number of benzene rings is 1. The van der Waals surface area contributed by atoms with E-state index >= 15 is 0 Å². The number of nitrogens with zero attached hydrogens (tertiary/aromatic N) is 2. The summed E-state index contributed by atoms with van der Waals surface area (Å²) in [5, 5.41) is 10.4. The largest absolute Gasteiger partial charge is 0.386 e. The predicted molar refractivity (Wildman–Crippen MR) is 70.6 cm³/mol. The molecule has 1 aromatic heterocycles. The van der Waals surface area contributed by atoms with E-state index in [9.17, 15) is 9.50 Å². The van der Waals surface area contributed by atoms with Gasteiger partial charge in [-0.1, -0.05) is 17.7 Å². The second-order valence-corrected chi connectivity index (χ2v) is 5.33. The van der Waals surface area contributed by atoms with Gasteiger partial charge < -0.3 is 9.67 Å². The Hall–Kier alpha value is -1.39. The van der Waals surface area contributed by atoms with E-state index in [4.69, 9.17) is 11.6 Å². The Morgan fingerprint density at radius 1 is 1.47 bits per heavy atom. The molecule has 100 valence electrons. The van der Waals surface area contributed by atoms with Crippen molar-refractivity contribution in [1.29, 1.82) is 0 Å². The molecule has 3 rings (SSSR count). The summed E-state index contributed by atoms with van der Waals surface area (Å²) >= 11 is 5.64. The maximum atomic E-state index is 13.4. The Kier molecular flexibility index (Phi) is 3.29. The standard InChI is InChI=1S/C14H14ClFN2O/c15-11-4-1-9(5-12(11)16)6-14(19)13-7-17-8-18(13)10-2-3-10/h1,4-5,7-8,10,14,19H,2-3,6H2. The summed E-state index contributed by atoms with van der Waals surface area (Å²) in [6, 6.07) is 5.07. The number of aliphatic hydroxyl groups excluding tert-OH is 1. The van der Waals surface area contributed by atoms with Gasteiger partial charge >= 0.3 is 0 Å². The topological polar surface area (TPSA) is 38.1 Å². The monoisotopic (exact) mass is 280 g/mol. The van der Waals surface area contributed by atoms with Crippen molar-refractivity contribution in [2.24, 2.45) is 0 Å². The molecular weight excluding hydrogens is 267 g/mol. The highest BCUT2D eigenvalue weighted by atomic mass is 35.5. The quantitative estimate of drug-likeness (QED) is 0.933. The Morgan fingerprint density at radius 3 is 2.95 bits per heavy atom. The van der Waals surface area contributed by atoms with Gasteiger partial charge in [0.1, 0.15) is 5.82 Å². The molecular formula is C14H14ClFN2O. The van der Waals surface area contributed by atoms with Crippen LogP contribution in [0.4, 0.5) is 4.39 Å². The minimum Gasteiger partial charge on any atom is -0.386 e. The van der Waals surface area contributed by atoms with Gasteiger partial charge in [0.05, 0.1) is 29.3 Å². The van der Waals surface area contributed by atoms with Gasteiger partial charge in [-0.05, 0) is 30.5 Å². The van der Waals surface area contributed by atoms with Crippen molar-refractivity contribution in [2.75, 3.05) is 0 Å². The van der Waals surface area contributed by atoms with Crippen LogP contribution in [-0.2, 0) is 6.42 Å². The molecule has 1 N–H and O–H groups in total. The molecule has 0 aliphatic heterocycles. The van der Waals surface area contributed by atoms with E-state index in [2.05, 4.69) is 4.98 Å². The smallest absolute Gasteiger partial charge is 0.142 e. The van der Waals surface area contributed by atoms with Crippen molar-refractivity contribution in [3.63, 3.8) is 0 Å². The molecule has 2 aromatic rings. The highest BCUT2D eigenvalue weighted by Gasteiger charge is 2.27. The van der Waals surface area contributed by atoms with Crippen molar-refractivity contribution < 1.29 is 9.50 Å². The second kappa shape index (κ2) is 4.94. The first-order valence-electron chi connectivity index (χ1n) is 6.29. The zero-order chi connectivity index (χ0) is 13.4. The summed E-state index contributed by atoms with van der Waals surface area (Å²) < 4.78 is 15.4. The second-order valence-electron chi connectivity index (χ2n) is 4.93. The van der Waals surface area contributed by atoms with Crippen LogP contribution in [0, 0.1) is 5.82 Å². The molecule has 1 aromatic carbocycles. The fourth-order valence-electron chi connectivity index (χ4n) is 2.23. The summed E-state index contributed by atoms with van der Waals surface area (Å²) in [6.07, 6.45) is 5.36. The molecule has 1 aliphatic rings. The molecule has 3 nitrogen and oxygen atoms in total. The van der Waals surface area contributed by atoms with E-state index < -0.39 is 11.9 Å². The number of rotatable bonds is 4. The molecule has 0 amide bonds. The number of hydrogen-bond acceptors (Lipinski definition) is 2. The molecule has 0 bridgehead atoms.